The van der Waals surface area contributed by atoms with E-state index in [1.54, 1.807) is 45.9 Å². The number of rotatable bonds is 4. The molecule has 27 heavy (non-hydrogen) atoms. The van der Waals surface area contributed by atoms with Gasteiger partial charge in [-0.1, -0.05) is 18.2 Å². The van der Waals surface area contributed by atoms with E-state index in [9.17, 15) is 23.1 Å². The van der Waals surface area contributed by atoms with E-state index in [0.29, 0.717) is 5.56 Å². The van der Waals surface area contributed by atoms with E-state index in [4.69, 9.17) is 8.92 Å². The molecule has 1 N–H and O–H groups in total. The van der Waals surface area contributed by atoms with Crippen molar-refractivity contribution in [2.45, 2.75) is 63.2 Å². The summed E-state index contributed by atoms with van der Waals surface area (Å²) in [6.45, 7) is 6.48. The summed E-state index contributed by atoms with van der Waals surface area (Å²) in [5.41, 5.74) is -0.262. The zero-order valence-electron chi connectivity index (χ0n) is 15.8. The van der Waals surface area contributed by atoms with Crippen LogP contribution in [0, 0.1) is 6.92 Å². The maximum absolute atomic E-state index is 12.6. The van der Waals surface area contributed by atoms with Gasteiger partial charge in [0, 0.05) is 0 Å². The van der Waals surface area contributed by atoms with Crippen LogP contribution >= 0.6 is 0 Å². The fourth-order valence-electron chi connectivity index (χ4n) is 2.86. The number of carboxylic acid groups (broad SMARTS) is 1. The van der Waals surface area contributed by atoms with Gasteiger partial charge in [0.2, 0.25) is 0 Å². The molecule has 2 atom stereocenters. The van der Waals surface area contributed by atoms with Gasteiger partial charge in [0.1, 0.15) is 11.6 Å². The maximum atomic E-state index is 12.6. The molecule has 9 heteroatoms. The summed E-state index contributed by atoms with van der Waals surface area (Å²) >= 11 is 0. The largest absolute Gasteiger partial charge is 0.480 e. The van der Waals surface area contributed by atoms with Crippen molar-refractivity contribution in [3.05, 3.63) is 29.8 Å². The average molecular weight is 399 g/mol. The molecule has 0 radical (unpaired) electrons. The lowest BCUT2D eigenvalue weighted by Crippen LogP contribution is -2.54. The number of aliphatic carboxylic acids is 1. The summed E-state index contributed by atoms with van der Waals surface area (Å²) < 4.78 is 35.7. The lowest BCUT2D eigenvalue weighted by Gasteiger charge is -2.37. The number of hydrogen-bond acceptors (Lipinski definition) is 6. The predicted octanol–water partition coefficient (Wildman–Crippen LogP) is 2.55. The number of ether oxygens (including phenoxy) is 1. The Morgan fingerprint density at radius 2 is 1.81 bits per heavy atom. The SMILES string of the molecule is Cc1ccccc1S(=O)(=O)O[C@H]1CC[C@@H](C(=O)O)N(C(=O)OC(C)(C)C)C1. The van der Waals surface area contributed by atoms with Gasteiger partial charge < -0.3 is 9.84 Å². The molecular formula is C18H25NO7S. The highest BCUT2D eigenvalue weighted by Gasteiger charge is 2.40. The molecule has 1 aliphatic heterocycles. The van der Waals surface area contributed by atoms with Gasteiger partial charge in [0.05, 0.1) is 17.5 Å². The molecule has 0 unspecified atom stereocenters. The van der Waals surface area contributed by atoms with Gasteiger partial charge in [0.25, 0.3) is 10.1 Å². The minimum atomic E-state index is -4.04. The lowest BCUT2D eigenvalue weighted by molar-refractivity contribution is -0.145. The van der Waals surface area contributed by atoms with Gasteiger partial charge in [-0.2, -0.15) is 8.42 Å². The van der Waals surface area contributed by atoms with Gasteiger partial charge in [-0.3, -0.25) is 9.08 Å². The molecule has 1 aliphatic rings. The second kappa shape index (κ2) is 7.85. The second-order valence-corrected chi connectivity index (χ2v) is 9.04. The molecule has 0 saturated carbocycles. The lowest BCUT2D eigenvalue weighted by atomic mass is 10.0. The van der Waals surface area contributed by atoms with E-state index in [0.717, 1.165) is 4.90 Å². The first-order valence-corrected chi connectivity index (χ1v) is 10.0. The van der Waals surface area contributed by atoms with Crippen molar-refractivity contribution in [2.75, 3.05) is 6.54 Å². The van der Waals surface area contributed by atoms with E-state index < -0.39 is 39.9 Å². The molecule has 2 rings (SSSR count). The first-order valence-electron chi connectivity index (χ1n) is 8.62. The van der Waals surface area contributed by atoms with Crippen LogP contribution in [0.25, 0.3) is 0 Å². The summed E-state index contributed by atoms with van der Waals surface area (Å²) in [6, 6.07) is 5.33. The minimum absolute atomic E-state index is 0.0502. The number of amides is 1. The summed E-state index contributed by atoms with van der Waals surface area (Å²) in [4.78, 5) is 25.0. The molecule has 150 valence electrons. The Labute approximate surface area is 159 Å². The molecule has 1 fully saturated rings. The highest BCUT2D eigenvalue weighted by Crippen LogP contribution is 2.26. The molecule has 1 saturated heterocycles. The Hall–Kier alpha value is -2.13. The van der Waals surface area contributed by atoms with Crippen LogP contribution in [-0.4, -0.2) is 54.8 Å². The second-order valence-electron chi connectivity index (χ2n) is 7.50. The zero-order valence-corrected chi connectivity index (χ0v) is 16.7. The van der Waals surface area contributed by atoms with Gasteiger partial charge in [-0.05, 0) is 52.2 Å². The van der Waals surface area contributed by atoms with Crippen molar-refractivity contribution < 1.29 is 32.0 Å². The quantitative estimate of drug-likeness (QED) is 0.775. The molecule has 1 heterocycles. The molecule has 0 aromatic heterocycles. The number of carboxylic acids is 1. The van der Waals surface area contributed by atoms with E-state index in [2.05, 4.69) is 0 Å². The Kier molecular flexibility index (Phi) is 6.16. The fourth-order valence-corrected chi connectivity index (χ4v) is 4.19. The van der Waals surface area contributed by atoms with Crippen LogP contribution in [-0.2, 0) is 23.8 Å². The number of hydrogen-bond donors (Lipinski definition) is 1. The smallest absolute Gasteiger partial charge is 0.411 e. The third kappa shape index (κ3) is 5.43. The maximum Gasteiger partial charge on any atom is 0.411 e. The normalized spacial score (nSPS) is 21.0. The number of carbonyl (C=O) groups is 2. The van der Waals surface area contributed by atoms with Crippen LogP contribution in [0.3, 0.4) is 0 Å². The number of piperidine rings is 1. The Balaban J connectivity index is 2.19. The van der Waals surface area contributed by atoms with E-state index in [-0.39, 0.29) is 24.3 Å². The summed E-state index contributed by atoms with van der Waals surface area (Å²) in [6.07, 6.45) is -1.39. The Bertz CT molecular complexity index is 813. The monoisotopic (exact) mass is 399 g/mol. The Morgan fingerprint density at radius 1 is 1.19 bits per heavy atom. The molecule has 0 spiro atoms. The molecular weight excluding hydrogens is 374 g/mol. The van der Waals surface area contributed by atoms with Gasteiger partial charge in [-0.25, -0.2) is 9.59 Å². The summed E-state index contributed by atoms with van der Waals surface area (Å²) in [5.74, 6) is -1.17. The van der Waals surface area contributed by atoms with E-state index >= 15 is 0 Å². The first kappa shape index (κ1) is 21.2. The topological polar surface area (TPSA) is 110 Å². The molecule has 1 amide bonds. The molecule has 1 aromatic carbocycles. The molecule has 0 aliphatic carbocycles. The molecule has 1 aromatic rings. The first-order chi connectivity index (χ1) is 12.4. The highest BCUT2D eigenvalue weighted by atomic mass is 32.2. The number of aryl methyl sites for hydroxylation is 1. The number of likely N-dealkylation sites (tertiary alicyclic amines) is 1. The zero-order chi connectivity index (χ0) is 20.4. The number of benzene rings is 1. The van der Waals surface area contributed by atoms with Crippen LogP contribution in [0.1, 0.15) is 39.2 Å². The fraction of sp³-hybridized carbons (Fsp3) is 0.556. The predicted molar refractivity (Wildman–Crippen MR) is 96.8 cm³/mol. The number of nitrogens with zero attached hydrogens (tertiary/aromatic N) is 1. The number of carbonyl (C=O) groups excluding carboxylic acids is 1. The standard InChI is InChI=1S/C18H25NO7S/c1-12-7-5-6-8-15(12)27(23,24)26-13-9-10-14(16(20)21)19(11-13)17(22)25-18(2,3)4/h5-8,13-14H,9-11H2,1-4H3,(H,20,21)/t13-,14-/m0/s1. The molecule has 0 bridgehead atoms. The van der Waals surface area contributed by atoms with Crippen LogP contribution in [0.15, 0.2) is 29.2 Å². The Morgan fingerprint density at radius 3 is 2.37 bits per heavy atom. The average Bonchev–Trinajstić information content (AvgIpc) is 2.52. The van der Waals surface area contributed by atoms with E-state index in [1.165, 1.54) is 6.07 Å². The van der Waals surface area contributed by atoms with E-state index in [1.807, 2.05) is 0 Å². The summed E-state index contributed by atoms with van der Waals surface area (Å²) in [7, 11) is -4.04. The van der Waals surface area contributed by atoms with Gasteiger partial charge in [-0.15, -0.1) is 0 Å². The molecule has 8 nitrogen and oxygen atoms in total. The van der Waals surface area contributed by atoms with Crippen molar-refractivity contribution in [3.63, 3.8) is 0 Å². The van der Waals surface area contributed by atoms with Crippen molar-refractivity contribution in [3.8, 4) is 0 Å². The van der Waals surface area contributed by atoms with Crippen molar-refractivity contribution >= 4 is 22.2 Å². The van der Waals surface area contributed by atoms with Crippen LogP contribution < -0.4 is 0 Å². The highest BCUT2D eigenvalue weighted by molar-refractivity contribution is 7.86. The van der Waals surface area contributed by atoms with Crippen LogP contribution in [0.4, 0.5) is 4.79 Å². The van der Waals surface area contributed by atoms with Crippen molar-refractivity contribution in [1.29, 1.82) is 0 Å². The van der Waals surface area contributed by atoms with Crippen molar-refractivity contribution in [2.24, 2.45) is 0 Å². The third-order valence-electron chi connectivity index (χ3n) is 4.08. The summed E-state index contributed by atoms with van der Waals surface area (Å²) in [5, 5.41) is 9.38. The van der Waals surface area contributed by atoms with Gasteiger partial charge in [0.15, 0.2) is 0 Å². The third-order valence-corrected chi connectivity index (χ3v) is 5.60. The van der Waals surface area contributed by atoms with Crippen molar-refractivity contribution in [1.82, 2.24) is 4.90 Å². The van der Waals surface area contributed by atoms with Crippen LogP contribution in [0.5, 0.6) is 0 Å². The minimum Gasteiger partial charge on any atom is -0.480 e. The van der Waals surface area contributed by atoms with Gasteiger partial charge >= 0.3 is 12.1 Å². The van der Waals surface area contributed by atoms with Crippen LogP contribution in [0.2, 0.25) is 0 Å².